The van der Waals surface area contributed by atoms with Crippen LogP contribution in [0.5, 0.6) is 5.75 Å². The Kier molecular flexibility index (Phi) is 4.68. The number of nitriles is 1. The monoisotopic (exact) mass is 381 g/mol. The Morgan fingerprint density at radius 1 is 1.29 bits per heavy atom. The number of rotatable bonds is 4. The van der Waals surface area contributed by atoms with Crippen LogP contribution in [0.3, 0.4) is 0 Å². The number of nitrogens with one attached hydrogen (secondary N) is 1. The molecule has 0 bridgehead atoms. The van der Waals surface area contributed by atoms with Crippen LogP contribution in [0.1, 0.15) is 25.2 Å². The van der Waals surface area contributed by atoms with E-state index >= 15 is 0 Å². The smallest absolute Gasteiger partial charge is 0.149 e. The van der Waals surface area contributed by atoms with Gasteiger partial charge in [-0.2, -0.15) is 5.26 Å². The van der Waals surface area contributed by atoms with Crippen LogP contribution in [0, 0.1) is 11.3 Å². The number of hydrogen-bond donors (Lipinski definition) is 1. The highest BCUT2D eigenvalue weighted by Gasteiger charge is 2.09. The van der Waals surface area contributed by atoms with Crippen molar-refractivity contribution in [2.45, 2.75) is 20.0 Å². The number of benzene rings is 2. The minimum Gasteiger partial charge on any atom is -0.490 e. The molecule has 24 heavy (non-hydrogen) atoms. The first-order valence-corrected chi connectivity index (χ1v) is 8.39. The van der Waals surface area contributed by atoms with Crippen LogP contribution >= 0.6 is 15.9 Å². The van der Waals surface area contributed by atoms with Gasteiger partial charge in [0.05, 0.1) is 27.2 Å². The SMILES string of the molecule is CC(C)Oc1ccc(C=C(C#N)c2nc3ccccc3[nH]2)cc1Br. The standard InChI is InChI=1S/C19H16BrN3O/c1-12(2)24-18-8-7-13(10-15(18)20)9-14(11-21)19-22-16-5-3-4-6-17(16)23-19/h3-10,12H,1-2H3,(H,22,23). The van der Waals surface area contributed by atoms with Crippen molar-refractivity contribution >= 4 is 38.6 Å². The predicted molar refractivity (Wildman–Crippen MR) is 99.5 cm³/mol. The molecular formula is C19H16BrN3O. The molecule has 0 atom stereocenters. The number of H-pyrrole nitrogens is 1. The summed E-state index contributed by atoms with van der Waals surface area (Å²) in [6.07, 6.45) is 1.91. The number of hydrogen-bond acceptors (Lipinski definition) is 3. The second kappa shape index (κ2) is 6.90. The summed E-state index contributed by atoms with van der Waals surface area (Å²) in [7, 11) is 0. The Labute approximate surface area is 148 Å². The maximum atomic E-state index is 9.49. The van der Waals surface area contributed by atoms with E-state index in [0.29, 0.717) is 11.4 Å². The molecule has 1 heterocycles. The lowest BCUT2D eigenvalue weighted by atomic mass is 10.1. The number of aromatic amines is 1. The van der Waals surface area contributed by atoms with Crippen LogP contribution < -0.4 is 4.74 Å². The van der Waals surface area contributed by atoms with E-state index in [1.807, 2.05) is 62.4 Å². The summed E-state index contributed by atoms with van der Waals surface area (Å²) in [6, 6.07) is 15.7. The van der Waals surface area contributed by atoms with Gasteiger partial charge in [0.25, 0.3) is 0 Å². The van der Waals surface area contributed by atoms with Crippen molar-refractivity contribution in [1.82, 2.24) is 9.97 Å². The highest BCUT2D eigenvalue weighted by atomic mass is 79.9. The van der Waals surface area contributed by atoms with Gasteiger partial charge in [0.15, 0.2) is 0 Å². The number of ether oxygens (including phenoxy) is 1. The fourth-order valence-corrected chi connectivity index (χ4v) is 2.85. The minimum atomic E-state index is 0.105. The van der Waals surface area contributed by atoms with E-state index in [0.717, 1.165) is 26.8 Å². The van der Waals surface area contributed by atoms with Crippen molar-refractivity contribution < 1.29 is 4.74 Å². The largest absolute Gasteiger partial charge is 0.490 e. The lowest BCUT2D eigenvalue weighted by Gasteiger charge is -2.11. The second-order valence-electron chi connectivity index (χ2n) is 5.63. The van der Waals surface area contributed by atoms with E-state index in [1.54, 1.807) is 0 Å². The Hall–Kier alpha value is -2.58. The molecule has 3 aromatic rings. The number of aromatic nitrogens is 2. The predicted octanol–water partition coefficient (Wildman–Crippen LogP) is 5.18. The van der Waals surface area contributed by atoms with E-state index in [9.17, 15) is 5.26 Å². The summed E-state index contributed by atoms with van der Waals surface area (Å²) in [5, 5.41) is 9.49. The molecule has 4 nitrogen and oxygen atoms in total. The summed E-state index contributed by atoms with van der Waals surface area (Å²) >= 11 is 3.51. The first-order valence-electron chi connectivity index (χ1n) is 7.60. The number of fused-ring (bicyclic) bond motifs is 1. The molecule has 120 valence electrons. The van der Waals surface area contributed by atoms with Crippen molar-refractivity contribution in [1.29, 1.82) is 5.26 Å². The first-order chi connectivity index (χ1) is 11.6. The maximum Gasteiger partial charge on any atom is 0.149 e. The highest BCUT2D eigenvalue weighted by molar-refractivity contribution is 9.10. The molecule has 3 rings (SSSR count). The third kappa shape index (κ3) is 3.50. The van der Waals surface area contributed by atoms with Crippen molar-refractivity contribution in [3.8, 4) is 11.8 Å². The highest BCUT2D eigenvalue weighted by Crippen LogP contribution is 2.28. The maximum absolute atomic E-state index is 9.49. The zero-order valence-corrected chi connectivity index (χ0v) is 15.0. The Bertz CT molecular complexity index is 918. The number of allylic oxidation sites excluding steroid dienone is 1. The quantitative estimate of drug-likeness (QED) is 0.633. The van der Waals surface area contributed by atoms with E-state index in [2.05, 4.69) is 32.0 Å². The topological polar surface area (TPSA) is 61.7 Å². The number of halogens is 1. The molecule has 0 saturated heterocycles. The molecule has 1 N–H and O–H groups in total. The van der Waals surface area contributed by atoms with E-state index in [-0.39, 0.29) is 6.10 Å². The zero-order valence-electron chi connectivity index (χ0n) is 13.4. The van der Waals surface area contributed by atoms with Gasteiger partial charge in [-0.15, -0.1) is 0 Å². The molecule has 2 aromatic carbocycles. The molecular weight excluding hydrogens is 366 g/mol. The van der Waals surface area contributed by atoms with Crippen molar-refractivity contribution in [3.05, 3.63) is 58.3 Å². The number of imidazole rings is 1. The van der Waals surface area contributed by atoms with E-state index in [4.69, 9.17) is 4.74 Å². The first kappa shape index (κ1) is 16.3. The van der Waals surface area contributed by atoms with E-state index < -0.39 is 0 Å². The third-order valence-corrected chi connectivity index (χ3v) is 4.01. The molecule has 0 aliphatic heterocycles. The summed E-state index contributed by atoms with van der Waals surface area (Å²) < 4.78 is 6.56. The van der Waals surface area contributed by atoms with Gasteiger partial charge >= 0.3 is 0 Å². The van der Waals surface area contributed by atoms with Gasteiger partial charge in [0, 0.05) is 0 Å². The van der Waals surface area contributed by atoms with Crippen LogP contribution in [0.25, 0.3) is 22.7 Å². The minimum absolute atomic E-state index is 0.105. The lowest BCUT2D eigenvalue weighted by molar-refractivity contribution is 0.241. The Morgan fingerprint density at radius 2 is 2.08 bits per heavy atom. The molecule has 0 aliphatic rings. The van der Waals surface area contributed by atoms with Crippen LogP contribution in [-0.4, -0.2) is 16.1 Å². The lowest BCUT2D eigenvalue weighted by Crippen LogP contribution is -2.05. The molecule has 0 fully saturated rings. The van der Waals surface area contributed by atoms with Crippen molar-refractivity contribution in [3.63, 3.8) is 0 Å². The van der Waals surface area contributed by atoms with Crippen LogP contribution in [0.15, 0.2) is 46.9 Å². The molecule has 0 saturated carbocycles. The number of para-hydroxylation sites is 2. The van der Waals surface area contributed by atoms with Gasteiger partial charge in [-0.05, 0) is 65.7 Å². The molecule has 0 amide bonds. The van der Waals surface area contributed by atoms with Crippen molar-refractivity contribution in [2.75, 3.05) is 0 Å². The van der Waals surface area contributed by atoms with Gasteiger partial charge in [0.2, 0.25) is 0 Å². The average Bonchev–Trinajstić information content (AvgIpc) is 2.98. The molecule has 0 aliphatic carbocycles. The summed E-state index contributed by atoms with van der Waals surface area (Å²) in [5.74, 6) is 1.35. The average molecular weight is 382 g/mol. The van der Waals surface area contributed by atoms with Crippen LogP contribution in [0.2, 0.25) is 0 Å². The van der Waals surface area contributed by atoms with Gasteiger partial charge in [0.1, 0.15) is 17.6 Å². The normalized spacial score (nSPS) is 11.7. The van der Waals surface area contributed by atoms with Gasteiger partial charge in [-0.1, -0.05) is 18.2 Å². The summed E-state index contributed by atoms with van der Waals surface area (Å²) in [5.41, 5.74) is 3.14. The number of nitrogens with zero attached hydrogens (tertiary/aromatic N) is 2. The van der Waals surface area contributed by atoms with Crippen molar-refractivity contribution in [2.24, 2.45) is 0 Å². The van der Waals surface area contributed by atoms with Gasteiger partial charge in [-0.3, -0.25) is 0 Å². The van der Waals surface area contributed by atoms with Gasteiger partial charge in [-0.25, -0.2) is 4.98 Å². The fourth-order valence-electron chi connectivity index (χ4n) is 2.36. The summed E-state index contributed by atoms with van der Waals surface area (Å²) in [4.78, 5) is 7.66. The molecule has 0 unspecified atom stereocenters. The van der Waals surface area contributed by atoms with E-state index in [1.165, 1.54) is 0 Å². The Morgan fingerprint density at radius 3 is 2.75 bits per heavy atom. The Balaban J connectivity index is 1.96. The second-order valence-corrected chi connectivity index (χ2v) is 6.48. The van der Waals surface area contributed by atoms with Gasteiger partial charge < -0.3 is 9.72 Å². The third-order valence-electron chi connectivity index (χ3n) is 3.39. The zero-order chi connectivity index (χ0) is 17.1. The molecule has 0 radical (unpaired) electrons. The fraction of sp³-hybridized carbons (Fsp3) is 0.158. The molecule has 5 heteroatoms. The molecule has 0 spiro atoms. The summed E-state index contributed by atoms with van der Waals surface area (Å²) in [6.45, 7) is 3.96. The molecule has 1 aromatic heterocycles. The van der Waals surface area contributed by atoms with Crippen LogP contribution in [0.4, 0.5) is 0 Å². The van der Waals surface area contributed by atoms with Crippen LogP contribution in [-0.2, 0) is 0 Å².